The van der Waals surface area contributed by atoms with Crippen molar-refractivity contribution in [3.63, 3.8) is 0 Å². The number of β-amino-alcohol motifs (C(OH)–C–C–N with tert-alkyl or cyclic N) is 1. The topological polar surface area (TPSA) is 35.5 Å². The number of hydrogen-bond acceptors (Lipinski definition) is 3. The van der Waals surface area contributed by atoms with Gasteiger partial charge in [-0.1, -0.05) is 0 Å². The minimum atomic E-state index is -0.388. The fourth-order valence-electron chi connectivity index (χ4n) is 2.59. The van der Waals surface area contributed by atoms with E-state index in [9.17, 15) is 5.11 Å². The van der Waals surface area contributed by atoms with Gasteiger partial charge in [0.2, 0.25) is 0 Å². The second kappa shape index (κ2) is 3.56. The molecule has 0 spiro atoms. The lowest BCUT2D eigenvalue weighted by atomic mass is 9.80. The Morgan fingerprint density at radius 3 is 2.62 bits per heavy atom. The quantitative estimate of drug-likeness (QED) is 0.604. The van der Waals surface area contributed by atoms with Crippen LogP contribution in [0.3, 0.4) is 0 Å². The molecule has 0 bridgehead atoms. The Kier molecular flexibility index (Phi) is 2.58. The van der Waals surface area contributed by atoms with Crippen molar-refractivity contribution in [2.45, 2.75) is 24.9 Å². The number of piperidine rings is 1. The Bertz CT molecular complexity index is 170. The van der Waals surface area contributed by atoms with Crippen molar-refractivity contribution in [1.29, 1.82) is 0 Å². The standard InChI is InChI=1S/C10H20N2O/c1-12-6-2-9(3-7-12)10(13)4-5-11-8-10/h9,11,13H,2-8H2,1H3. The van der Waals surface area contributed by atoms with Gasteiger partial charge in [-0.15, -0.1) is 0 Å². The zero-order valence-corrected chi connectivity index (χ0v) is 8.42. The van der Waals surface area contributed by atoms with E-state index >= 15 is 0 Å². The lowest BCUT2D eigenvalue weighted by Crippen LogP contribution is -2.45. The molecule has 2 aliphatic heterocycles. The molecular formula is C10H20N2O. The van der Waals surface area contributed by atoms with Gasteiger partial charge >= 0.3 is 0 Å². The van der Waals surface area contributed by atoms with Gasteiger partial charge in [-0.2, -0.15) is 0 Å². The third kappa shape index (κ3) is 1.87. The summed E-state index contributed by atoms with van der Waals surface area (Å²) in [4.78, 5) is 2.35. The number of nitrogens with one attached hydrogen (secondary N) is 1. The monoisotopic (exact) mass is 184 g/mol. The van der Waals surface area contributed by atoms with Gasteiger partial charge in [-0.25, -0.2) is 0 Å². The first kappa shape index (κ1) is 9.44. The van der Waals surface area contributed by atoms with Crippen LogP contribution in [-0.2, 0) is 0 Å². The number of rotatable bonds is 1. The number of aliphatic hydroxyl groups is 1. The predicted molar refractivity (Wildman–Crippen MR) is 52.7 cm³/mol. The summed E-state index contributed by atoms with van der Waals surface area (Å²) < 4.78 is 0. The van der Waals surface area contributed by atoms with E-state index in [4.69, 9.17) is 0 Å². The van der Waals surface area contributed by atoms with Crippen molar-refractivity contribution in [3.05, 3.63) is 0 Å². The highest BCUT2D eigenvalue weighted by atomic mass is 16.3. The van der Waals surface area contributed by atoms with Gasteiger partial charge in [0.1, 0.15) is 0 Å². The first-order chi connectivity index (χ1) is 6.21. The summed E-state index contributed by atoms with van der Waals surface area (Å²) in [5.41, 5.74) is -0.388. The van der Waals surface area contributed by atoms with Crippen molar-refractivity contribution in [2.24, 2.45) is 5.92 Å². The van der Waals surface area contributed by atoms with E-state index < -0.39 is 0 Å². The van der Waals surface area contributed by atoms with Crippen molar-refractivity contribution >= 4 is 0 Å². The second-order valence-electron chi connectivity index (χ2n) is 4.61. The fourth-order valence-corrected chi connectivity index (χ4v) is 2.59. The third-order valence-electron chi connectivity index (χ3n) is 3.64. The van der Waals surface area contributed by atoms with Crippen LogP contribution >= 0.6 is 0 Å². The number of likely N-dealkylation sites (tertiary alicyclic amines) is 1. The molecule has 2 N–H and O–H groups in total. The summed E-state index contributed by atoms with van der Waals surface area (Å²) in [5, 5.41) is 13.6. The van der Waals surface area contributed by atoms with Crippen LogP contribution in [0.2, 0.25) is 0 Å². The second-order valence-corrected chi connectivity index (χ2v) is 4.61. The van der Waals surface area contributed by atoms with Crippen LogP contribution in [0.4, 0.5) is 0 Å². The Hall–Kier alpha value is -0.120. The largest absolute Gasteiger partial charge is 0.388 e. The van der Waals surface area contributed by atoms with Gasteiger partial charge in [0, 0.05) is 6.54 Å². The molecule has 0 saturated carbocycles. The molecule has 3 heteroatoms. The third-order valence-corrected chi connectivity index (χ3v) is 3.64. The lowest BCUT2D eigenvalue weighted by molar-refractivity contribution is -0.0238. The summed E-state index contributed by atoms with van der Waals surface area (Å²) in [7, 11) is 2.16. The van der Waals surface area contributed by atoms with Crippen LogP contribution < -0.4 is 5.32 Å². The molecule has 0 aromatic heterocycles. The molecule has 2 saturated heterocycles. The van der Waals surface area contributed by atoms with Crippen LogP contribution in [0, 0.1) is 5.92 Å². The van der Waals surface area contributed by atoms with Gasteiger partial charge < -0.3 is 15.3 Å². The molecular weight excluding hydrogens is 164 g/mol. The number of hydrogen-bond donors (Lipinski definition) is 2. The Balaban J connectivity index is 1.93. The van der Waals surface area contributed by atoms with E-state index in [1.165, 1.54) is 0 Å². The van der Waals surface area contributed by atoms with Crippen LogP contribution in [0.15, 0.2) is 0 Å². The van der Waals surface area contributed by atoms with Gasteiger partial charge in [-0.3, -0.25) is 0 Å². The summed E-state index contributed by atoms with van der Waals surface area (Å²) in [6, 6.07) is 0. The maximum Gasteiger partial charge on any atom is 0.0812 e. The van der Waals surface area contributed by atoms with Gasteiger partial charge in [-0.05, 0) is 51.9 Å². The average Bonchev–Trinajstić information content (AvgIpc) is 2.54. The molecule has 0 aliphatic carbocycles. The highest BCUT2D eigenvalue weighted by molar-refractivity contribution is 4.95. The van der Waals surface area contributed by atoms with Crippen molar-refractivity contribution < 1.29 is 5.11 Å². The molecule has 0 aromatic rings. The molecule has 76 valence electrons. The molecule has 3 nitrogen and oxygen atoms in total. The van der Waals surface area contributed by atoms with E-state index in [1.807, 2.05) is 0 Å². The van der Waals surface area contributed by atoms with Gasteiger partial charge in [0.25, 0.3) is 0 Å². The maximum absolute atomic E-state index is 10.3. The average molecular weight is 184 g/mol. The van der Waals surface area contributed by atoms with E-state index in [0.29, 0.717) is 5.92 Å². The first-order valence-electron chi connectivity index (χ1n) is 5.32. The Morgan fingerprint density at radius 2 is 2.08 bits per heavy atom. The molecule has 13 heavy (non-hydrogen) atoms. The minimum absolute atomic E-state index is 0.388. The first-order valence-corrected chi connectivity index (χ1v) is 5.32. The van der Waals surface area contributed by atoms with Crippen LogP contribution in [0.5, 0.6) is 0 Å². The highest BCUT2D eigenvalue weighted by Gasteiger charge is 2.40. The summed E-state index contributed by atoms with van der Waals surface area (Å²) in [6.07, 6.45) is 3.27. The van der Waals surface area contributed by atoms with E-state index in [2.05, 4.69) is 17.3 Å². The fraction of sp³-hybridized carbons (Fsp3) is 1.00. The molecule has 2 rings (SSSR count). The molecule has 0 radical (unpaired) electrons. The molecule has 2 aliphatic rings. The van der Waals surface area contributed by atoms with Crippen LogP contribution in [0.25, 0.3) is 0 Å². The van der Waals surface area contributed by atoms with E-state index in [0.717, 1.165) is 45.4 Å². The zero-order valence-electron chi connectivity index (χ0n) is 8.42. The van der Waals surface area contributed by atoms with E-state index in [1.54, 1.807) is 0 Å². The highest BCUT2D eigenvalue weighted by Crippen LogP contribution is 2.32. The van der Waals surface area contributed by atoms with Gasteiger partial charge in [0.05, 0.1) is 5.60 Å². The van der Waals surface area contributed by atoms with Gasteiger partial charge in [0.15, 0.2) is 0 Å². The van der Waals surface area contributed by atoms with Crippen molar-refractivity contribution in [3.8, 4) is 0 Å². The molecule has 2 heterocycles. The summed E-state index contributed by atoms with van der Waals surface area (Å²) >= 11 is 0. The maximum atomic E-state index is 10.3. The molecule has 1 atom stereocenters. The van der Waals surface area contributed by atoms with Crippen molar-refractivity contribution in [2.75, 3.05) is 33.2 Å². The molecule has 1 unspecified atom stereocenters. The molecule has 2 fully saturated rings. The summed E-state index contributed by atoms with van der Waals surface area (Å²) in [6.45, 7) is 4.09. The van der Waals surface area contributed by atoms with Crippen molar-refractivity contribution in [1.82, 2.24) is 10.2 Å². The predicted octanol–water partition coefficient (Wildman–Crippen LogP) is 0.0526. The normalized spacial score (nSPS) is 38.3. The number of nitrogens with zero attached hydrogens (tertiary/aromatic N) is 1. The zero-order chi connectivity index (χ0) is 9.31. The van der Waals surface area contributed by atoms with Crippen LogP contribution in [-0.4, -0.2) is 48.8 Å². The molecule has 0 aromatic carbocycles. The summed E-state index contributed by atoms with van der Waals surface area (Å²) in [5.74, 6) is 0.527. The lowest BCUT2D eigenvalue weighted by Gasteiger charge is -2.37. The Labute approximate surface area is 80.1 Å². The minimum Gasteiger partial charge on any atom is -0.388 e. The Morgan fingerprint density at radius 1 is 1.38 bits per heavy atom. The smallest absolute Gasteiger partial charge is 0.0812 e. The molecule has 0 amide bonds. The SMILES string of the molecule is CN1CCC(C2(O)CCNC2)CC1. The van der Waals surface area contributed by atoms with E-state index in [-0.39, 0.29) is 5.60 Å². The van der Waals surface area contributed by atoms with Crippen LogP contribution in [0.1, 0.15) is 19.3 Å².